The molecule has 0 bridgehead atoms. The molecule has 11 nitrogen and oxygen atoms in total. The molecule has 12 heteroatoms. The second-order valence-corrected chi connectivity index (χ2v) is 10.1. The fourth-order valence-corrected chi connectivity index (χ4v) is 4.77. The Morgan fingerprint density at radius 3 is 2.28 bits per heavy atom. The van der Waals surface area contributed by atoms with Crippen LogP contribution in [0.15, 0.2) is 93.0 Å². The monoisotopic (exact) mass is 545 g/mol. The Kier molecular flexibility index (Phi) is 6.26. The van der Waals surface area contributed by atoms with Crippen LogP contribution in [0.4, 0.5) is 16.2 Å². The van der Waals surface area contributed by atoms with Gasteiger partial charge in [-0.2, -0.15) is 0 Å². The Hall–Kier alpha value is -5.20. The van der Waals surface area contributed by atoms with Gasteiger partial charge in [-0.25, -0.2) is 23.1 Å². The molecule has 196 valence electrons. The standard InChI is InChI=1S/C27H19N3O8S/c28-39(36,37)18-3-1-2-14(10-18)29-27(35)30-15-4-7-19(22(11-15)26(33)34)25-20-8-5-16(31)12-23(20)38-24-13-17(32)6-9-21(24)25/h1-13,31H,(H,33,34)(H2,28,36,37)(H2,29,30,35). The summed E-state index contributed by atoms with van der Waals surface area (Å²) < 4.78 is 29.0. The third-order valence-electron chi connectivity index (χ3n) is 5.87. The van der Waals surface area contributed by atoms with Crippen LogP contribution in [0.3, 0.4) is 0 Å². The molecule has 2 aliphatic rings. The maximum Gasteiger partial charge on any atom is 0.336 e. The summed E-state index contributed by atoms with van der Waals surface area (Å²) in [5, 5.41) is 30.6. The van der Waals surface area contributed by atoms with Crippen LogP contribution in [-0.4, -0.2) is 30.6 Å². The molecule has 6 N–H and O–H groups in total. The van der Waals surface area contributed by atoms with Crippen molar-refractivity contribution in [2.45, 2.75) is 4.90 Å². The first-order valence-electron chi connectivity index (χ1n) is 11.3. The number of carbonyl (C=O) groups excluding carboxylic acids is 1. The number of nitrogens with two attached hydrogens (primary N) is 1. The van der Waals surface area contributed by atoms with E-state index in [0.29, 0.717) is 16.5 Å². The number of hydrogen-bond donors (Lipinski definition) is 5. The van der Waals surface area contributed by atoms with Gasteiger partial charge in [0.15, 0.2) is 5.43 Å². The smallest absolute Gasteiger partial charge is 0.336 e. The average molecular weight is 546 g/mol. The van der Waals surface area contributed by atoms with Crippen molar-refractivity contribution in [1.82, 2.24) is 0 Å². The summed E-state index contributed by atoms with van der Waals surface area (Å²) in [7, 11) is -3.98. The number of phenolic OH excluding ortho intramolecular Hbond substituents is 1. The quantitative estimate of drug-likeness (QED) is 0.202. The number of primary sulfonamides is 1. The van der Waals surface area contributed by atoms with Crippen molar-refractivity contribution in [2.24, 2.45) is 5.14 Å². The minimum absolute atomic E-state index is 0.0755. The van der Waals surface area contributed by atoms with Gasteiger partial charge in [0, 0.05) is 40.0 Å². The molecule has 0 radical (unpaired) electrons. The molecule has 0 spiro atoms. The van der Waals surface area contributed by atoms with Crippen LogP contribution in [0, 0.1) is 0 Å². The maximum atomic E-state index is 12.6. The van der Waals surface area contributed by atoms with E-state index in [1.165, 1.54) is 72.8 Å². The zero-order valence-electron chi connectivity index (χ0n) is 19.8. The predicted octanol–water partition coefficient (Wildman–Crippen LogP) is 4.26. The van der Waals surface area contributed by atoms with Crippen molar-refractivity contribution in [1.29, 1.82) is 0 Å². The number of aromatic carboxylic acids is 1. The number of rotatable bonds is 5. The zero-order valence-corrected chi connectivity index (χ0v) is 20.7. The first kappa shape index (κ1) is 25.4. The summed E-state index contributed by atoms with van der Waals surface area (Å²) in [6.07, 6.45) is 0. The van der Waals surface area contributed by atoms with Crippen LogP contribution >= 0.6 is 0 Å². The van der Waals surface area contributed by atoms with Crippen molar-refractivity contribution in [3.63, 3.8) is 0 Å². The molecule has 0 unspecified atom stereocenters. The SMILES string of the molecule is NS(=O)(=O)c1cccc(NC(=O)Nc2ccc(-c3c4ccc(=O)cc-4oc4cc(O)ccc34)c(C(=O)O)c2)c1. The van der Waals surface area contributed by atoms with Gasteiger partial charge in [-0.3, -0.25) is 4.79 Å². The Morgan fingerprint density at radius 1 is 0.846 bits per heavy atom. The maximum absolute atomic E-state index is 12.6. The molecule has 5 rings (SSSR count). The Balaban J connectivity index is 1.56. The second-order valence-electron chi connectivity index (χ2n) is 8.53. The van der Waals surface area contributed by atoms with Gasteiger partial charge < -0.3 is 25.3 Å². The highest BCUT2D eigenvalue weighted by molar-refractivity contribution is 7.89. The Morgan fingerprint density at radius 2 is 1.56 bits per heavy atom. The van der Waals surface area contributed by atoms with E-state index in [1.807, 2.05) is 0 Å². The van der Waals surface area contributed by atoms with Crippen LogP contribution < -0.4 is 21.2 Å². The number of sulfonamides is 1. The number of phenols is 1. The molecular weight excluding hydrogens is 526 g/mol. The minimum Gasteiger partial charge on any atom is -0.508 e. The highest BCUT2D eigenvalue weighted by atomic mass is 32.2. The molecule has 0 atom stereocenters. The zero-order chi connectivity index (χ0) is 27.9. The summed E-state index contributed by atoms with van der Waals surface area (Å²) in [6, 6.07) is 17.3. The van der Waals surface area contributed by atoms with E-state index in [-0.39, 0.29) is 49.9 Å². The van der Waals surface area contributed by atoms with Gasteiger partial charge in [0.2, 0.25) is 10.0 Å². The van der Waals surface area contributed by atoms with E-state index in [0.717, 1.165) is 0 Å². The lowest BCUT2D eigenvalue weighted by Crippen LogP contribution is -2.20. The topological polar surface area (TPSA) is 189 Å². The lowest BCUT2D eigenvalue weighted by atomic mass is 9.90. The number of urea groups is 1. The van der Waals surface area contributed by atoms with Crippen LogP contribution in [-0.2, 0) is 10.0 Å². The van der Waals surface area contributed by atoms with E-state index in [4.69, 9.17) is 9.56 Å². The summed E-state index contributed by atoms with van der Waals surface area (Å²) in [4.78, 5) is 36.7. The Bertz CT molecular complexity index is 1930. The fourth-order valence-electron chi connectivity index (χ4n) is 4.21. The molecule has 3 aromatic rings. The van der Waals surface area contributed by atoms with Gasteiger partial charge in [-0.1, -0.05) is 12.1 Å². The highest BCUT2D eigenvalue weighted by Crippen LogP contribution is 2.42. The third kappa shape index (κ3) is 5.14. The van der Waals surface area contributed by atoms with Crippen LogP contribution in [0.5, 0.6) is 5.75 Å². The summed E-state index contributed by atoms with van der Waals surface area (Å²) >= 11 is 0. The first-order chi connectivity index (χ1) is 18.5. The van der Waals surface area contributed by atoms with E-state index >= 15 is 0 Å². The average Bonchev–Trinajstić information content (AvgIpc) is 2.86. The van der Waals surface area contributed by atoms with Crippen molar-refractivity contribution in [3.05, 3.63) is 94.6 Å². The number of carboxylic acid groups (broad SMARTS) is 1. The van der Waals surface area contributed by atoms with Crippen LogP contribution in [0.25, 0.3) is 33.4 Å². The predicted molar refractivity (Wildman–Crippen MR) is 144 cm³/mol. The van der Waals surface area contributed by atoms with Gasteiger partial charge in [0.05, 0.1) is 10.5 Å². The molecule has 3 aromatic carbocycles. The summed E-state index contributed by atoms with van der Waals surface area (Å²) in [6.45, 7) is 0. The van der Waals surface area contributed by atoms with Crippen molar-refractivity contribution < 1.29 is 32.6 Å². The molecular formula is C27H19N3O8S. The lowest BCUT2D eigenvalue weighted by Gasteiger charge is -2.17. The molecule has 0 saturated heterocycles. The number of hydrogen-bond acceptors (Lipinski definition) is 7. The van der Waals surface area contributed by atoms with Gasteiger partial charge in [0.25, 0.3) is 0 Å². The summed E-state index contributed by atoms with van der Waals surface area (Å²) in [5.74, 6) is -1.15. The molecule has 0 aromatic heterocycles. The van der Waals surface area contributed by atoms with Crippen LogP contribution in [0.2, 0.25) is 0 Å². The van der Waals surface area contributed by atoms with Crippen molar-refractivity contribution >= 4 is 44.4 Å². The van der Waals surface area contributed by atoms with Crippen molar-refractivity contribution in [3.8, 4) is 28.2 Å². The number of carboxylic acids is 1. The van der Waals surface area contributed by atoms with Gasteiger partial charge >= 0.3 is 12.0 Å². The van der Waals surface area contributed by atoms with Gasteiger partial charge in [0.1, 0.15) is 17.1 Å². The number of carbonyl (C=O) groups is 2. The van der Waals surface area contributed by atoms with Gasteiger partial charge in [-0.05, 0) is 60.2 Å². The molecule has 1 aliphatic heterocycles. The number of fused-ring (bicyclic) bond motifs is 2. The van der Waals surface area contributed by atoms with Crippen molar-refractivity contribution in [2.75, 3.05) is 10.6 Å². The molecule has 39 heavy (non-hydrogen) atoms. The number of benzene rings is 4. The normalized spacial score (nSPS) is 11.4. The Labute approximate surface area is 220 Å². The third-order valence-corrected chi connectivity index (χ3v) is 6.79. The number of nitrogens with one attached hydrogen (secondary N) is 2. The van der Waals surface area contributed by atoms with E-state index in [2.05, 4.69) is 10.6 Å². The molecule has 0 fully saturated rings. The molecule has 2 amide bonds. The summed E-state index contributed by atoms with van der Waals surface area (Å²) in [5.41, 5.74) is 1.29. The van der Waals surface area contributed by atoms with Crippen LogP contribution in [0.1, 0.15) is 10.4 Å². The first-order valence-corrected chi connectivity index (χ1v) is 12.8. The van der Waals surface area contributed by atoms with E-state index < -0.39 is 22.0 Å². The molecule has 0 saturated carbocycles. The van der Waals surface area contributed by atoms with E-state index in [9.17, 15) is 33.0 Å². The fraction of sp³-hybridized carbons (Fsp3) is 0. The number of aromatic hydroxyl groups is 1. The van der Waals surface area contributed by atoms with Gasteiger partial charge in [-0.15, -0.1) is 0 Å². The largest absolute Gasteiger partial charge is 0.508 e. The second kappa shape index (κ2) is 9.59. The lowest BCUT2D eigenvalue weighted by molar-refractivity contribution is 0.0697. The highest BCUT2D eigenvalue weighted by Gasteiger charge is 2.22. The minimum atomic E-state index is -3.98. The number of amides is 2. The molecule has 1 aliphatic carbocycles. The van der Waals surface area contributed by atoms with E-state index in [1.54, 1.807) is 6.07 Å². The molecule has 1 heterocycles. The number of anilines is 2.